The predicted molar refractivity (Wildman–Crippen MR) is 49.0 cm³/mol. The quantitative estimate of drug-likeness (QED) is 0.628. The van der Waals surface area contributed by atoms with Crippen LogP contribution in [0.5, 0.6) is 0 Å². The SMILES string of the molecule is C1=CCC(C2CNCCO2)C=C1. The highest BCUT2D eigenvalue weighted by Gasteiger charge is 2.21. The summed E-state index contributed by atoms with van der Waals surface area (Å²) >= 11 is 0. The van der Waals surface area contributed by atoms with Crippen LogP contribution < -0.4 is 5.32 Å². The molecule has 1 aliphatic heterocycles. The molecule has 0 aromatic heterocycles. The molecule has 1 N–H and O–H groups in total. The highest BCUT2D eigenvalue weighted by Crippen LogP contribution is 2.19. The van der Waals surface area contributed by atoms with E-state index in [1.165, 1.54) is 0 Å². The Balaban J connectivity index is 1.90. The van der Waals surface area contributed by atoms with Crippen molar-refractivity contribution in [3.63, 3.8) is 0 Å². The summed E-state index contributed by atoms with van der Waals surface area (Å²) in [7, 11) is 0. The number of ether oxygens (including phenoxy) is 1. The number of rotatable bonds is 1. The lowest BCUT2D eigenvalue weighted by Crippen LogP contribution is -2.42. The van der Waals surface area contributed by atoms with E-state index in [0.29, 0.717) is 12.0 Å². The molecular formula is C10H15NO. The van der Waals surface area contributed by atoms with Crippen LogP contribution in [0.2, 0.25) is 0 Å². The topological polar surface area (TPSA) is 21.3 Å². The molecule has 0 aromatic carbocycles. The van der Waals surface area contributed by atoms with Gasteiger partial charge in [-0.3, -0.25) is 0 Å². The molecule has 1 fully saturated rings. The lowest BCUT2D eigenvalue weighted by molar-refractivity contribution is 0.00361. The van der Waals surface area contributed by atoms with Gasteiger partial charge in [0.1, 0.15) is 0 Å². The van der Waals surface area contributed by atoms with E-state index < -0.39 is 0 Å². The lowest BCUT2D eigenvalue weighted by Gasteiger charge is -2.29. The molecule has 2 rings (SSSR count). The molecule has 2 heteroatoms. The first-order valence-electron chi connectivity index (χ1n) is 4.62. The Kier molecular flexibility index (Phi) is 2.59. The van der Waals surface area contributed by atoms with Crippen molar-refractivity contribution in [2.24, 2.45) is 5.92 Å². The van der Waals surface area contributed by atoms with Crippen molar-refractivity contribution in [3.8, 4) is 0 Å². The predicted octanol–water partition coefficient (Wildman–Crippen LogP) is 1.11. The molecule has 66 valence electrons. The minimum atomic E-state index is 0.389. The van der Waals surface area contributed by atoms with Gasteiger partial charge in [0, 0.05) is 19.0 Å². The molecular weight excluding hydrogens is 150 g/mol. The zero-order chi connectivity index (χ0) is 8.23. The monoisotopic (exact) mass is 165 g/mol. The summed E-state index contributed by atoms with van der Waals surface area (Å²) in [4.78, 5) is 0. The summed E-state index contributed by atoms with van der Waals surface area (Å²) in [6, 6.07) is 0. The smallest absolute Gasteiger partial charge is 0.0765 e. The normalized spacial score (nSPS) is 35.3. The van der Waals surface area contributed by atoms with E-state index >= 15 is 0 Å². The van der Waals surface area contributed by atoms with Crippen LogP contribution in [0.1, 0.15) is 6.42 Å². The first-order valence-corrected chi connectivity index (χ1v) is 4.62. The molecule has 0 saturated carbocycles. The average Bonchev–Trinajstić information content (AvgIpc) is 2.21. The van der Waals surface area contributed by atoms with E-state index in [1.807, 2.05) is 0 Å². The van der Waals surface area contributed by atoms with Gasteiger partial charge in [0.15, 0.2) is 0 Å². The Morgan fingerprint density at radius 2 is 2.33 bits per heavy atom. The third-order valence-corrected chi connectivity index (χ3v) is 2.45. The summed E-state index contributed by atoms with van der Waals surface area (Å²) in [6.07, 6.45) is 10.2. The van der Waals surface area contributed by atoms with Gasteiger partial charge in [-0.25, -0.2) is 0 Å². The van der Waals surface area contributed by atoms with Crippen molar-refractivity contribution < 1.29 is 4.74 Å². The van der Waals surface area contributed by atoms with Crippen LogP contribution in [0.4, 0.5) is 0 Å². The van der Waals surface area contributed by atoms with Crippen molar-refractivity contribution in [1.29, 1.82) is 0 Å². The van der Waals surface area contributed by atoms with Gasteiger partial charge in [-0.2, -0.15) is 0 Å². The van der Waals surface area contributed by atoms with Crippen molar-refractivity contribution in [3.05, 3.63) is 24.3 Å². The Hall–Kier alpha value is -0.600. The average molecular weight is 165 g/mol. The molecule has 0 bridgehead atoms. The minimum absolute atomic E-state index is 0.389. The summed E-state index contributed by atoms with van der Waals surface area (Å²) < 4.78 is 5.67. The molecule has 12 heavy (non-hydrogen) atoms. The zero-order valence-electron chi connectivity index (χ0n) is 7.20. The second-order valence-corrected chi connectivity index (χ2v) is 3.33. The summed E-state index contributed by atoms with van der Waals surface area (Å²) in [5.41, 5.74) is 0. The Bertz CT molecular complexity index is 192. The molecule has 2 unspecified atom stereocenters. The number of nitrogens with one attached hydrogen (secondary N) is 1. The number of hydrogen-bond donors (Lipinski definition) is 1. The summed E-state index contributed by atoms with van der Waals surface area (Å²) in [5.74, 6) is 0.586. The van der Waals surface area contributed by atoms with Gasteiger partial charge >= 0.3 is 0 Å². The van der Waals surface area contributed by atoms with Crippen molar-refractivity contribution in [1.82, 2.24) is 5.32 Å². The lowest BCUT2D eigenvalue weighted by atomic mass is 9.94. The molecule has 1 saturated heterocycles. The molecule has 2 aliphatic rings. The van der Waals surface area contributed by atoms with E-state index in [1.54, 1.807) is 0 Å². The van der Waals surface area contributed by atoms with E-state index in [0.717, 1.165) is 26.1 Å². The molecule has 0 amide bonds. The van der Waals surface area contributed by atoms with Crippen molar-refractivity contribution in [2.75, 3.05) is 19.7 Å². The number of morpholine rings is 1. The molecule has 0 aromatic rings. The maximum Gasteiger partial charge on any atom is 0.0765 e. The van der Waals surface area contributed by atoms with Crippen LogP contribution in [-0.4, -0.2) is 25.8 Å². The van der Waals surface area contributed by atoms with Crippen LogP contribution in [-0.2, 0) is 4.74 Å². The van der Waals surface area contributed by atoms with Gasteiger partial charge in [0.2, 0.25) is 0 Å². The van der Waals surface area contributed by atoms with Crippen LogP contribution in [0.15, 0.2) is 24.3 Å². The van der Waals surface area contributed by atoms with E-state index in [9.17, 15) is 0 Å². The van der Waals surface area contributed by atoms with Crippen LogP contribution in [0.3, 0.4) is 0 Å². The summed E-state index contributed by atoms with van der Waals surface area (Å²) in [5, 5.41) is 3.35. The summed E-state index contributed by atoms with van der Waals surface area (Å²) in [6.45, 7) is 2.87. The fourth-order valence-corrected chi connectivity index (χ4v) is 1.74. The fraction of sp³-hybridized carbons (Fsp3) is 0.600. The van der Waals surface area contributed by atoms with Crippen LogP contribution in [0.25, 0.3) is 0 Å². The second-order valence-electron chi connectivity index (χ2n) is 3.33. The Labute approximate surface area is 73.3 Å². The van der Waals surface area contributed by atoms with Crippen molar-refractivity contribution in [2.45, 2.75) is 12.5 Å². The first kappa shape index (κ1) is 8.02. The van der Waals surface area contributed by atoms with E-state index in [-0.39, 0.29) is 0 Å². The highest BCUT2D eigenvalue weighted by atomic mass is 16.5. The molecule has 2 nitrogen and oxygen atoms in total. The largest absolute Gasteiger partial charge is 0.375 e. The molecule has 0 spiro atoms. The van der Waals surface area contributed by atoms with Gasteiger partial charge in [-0.1, -0.05) is 24.3 Å². The number of hydrogen-bond acceptors (Lipinski definition) is 2. The maximum absolute atomic E-state index is 5.67. The fourth-order valence-electron chi connectivity index (χ4n) is 1.74. The first-order chi connectivity index (χ1) is 5.97. The highest BCUT2D eigenvalue weighted by molar-refractivity contribution is 5.12. The Morgan fingerprint density at radius 3 is 3.00 bits per heavy atom. The van der Waals surface area contributed by atoms with Gasteiger partial charge in [0.25, 0.3) is 0 Å². The molecule has 0 radical (unpaired) electrons. The van der Waals surface area contributed by atoms with Gasteiger partial charge in [-0.05, 0) is 6.42 Å². The van der Waals surface area contributed by atoms with Gasteiger partial charge in [-0.15, -0.1) is 0 Å². The van der Waals surface area contributed by atoms with E-state index in [2.05, 4.69) is 29.6 Å². The van der Waals surface area contributed by atoms with Gasteiger partial charge < -0.3 is 10.1 Å². The number of allylic oxidation sites excluding steroid dienone is 3. The Morgan fingerprint density at radius 1 is 1.33 bits per heavy atom. The molecule has 2 atom stereocenters. The molecule has 1 heterocycles. The van der Waals surface area contributed by atoms with Crippen LogP contribution in [0, 0.1) is 5.92 Å². The second kappa shape index (κ2) is 3.87. The van der Waals surface area contributed by atoms with Crippen LogP contribution >= 0.6 is 0 Å². The molecule has 1 aliphatic carbocycles. The van der Waals surface area contributed by atoms with Crippen molar-refractivity contribution >= 4 is 0 Å². The zero-order valence-corrected chi connectivity index (χ0v) is 7.20. The minimum Gasteiger partial charge on any atom is -0.375 e. The third kappa shape index (κ3) is 1.76. The maximum atomic E-state index is 5.67. The van der Waals surface area contributed by atoms with E-state index in [4.69, 9.17) is 4.74 Å². The standard InChI is InChI=1S/C10H15NO/c1-2-4-9(5-3-1)10-8-11-6-7-12-10/h1-4,9-11H,5-8H2. The third-order valence-electron chi connectivity index (χ3n) is 2.45. The van der Waals surface area contributed by atoms with Gasteiger partial charge in [0.05, 0.1) is 12.7 Å².